The van der Waals surface area contributed by atoms with Gasteiger partial charge < -0.3 is 20.3 Å². The van der Waals surface area contributed by atoms with Gasteiger partial charge in [-0.2, -0.15) is 0 Å². The number of methoxy groups -OCH3 is 1. The van der Waals surface area contributed by atoms with Crippen molar-refractivity contribution in [1.82, 2.24) is 15.3 Å². The van der Waals surface area contributed by atoms with E-state index in [1.807, 2.05) is 31.2 Å². The van der Waals surface area contributed by atoms with Crippen LogP contribution in [0.5, 0.6) is 5.75 Å². The van der Waals surface area contributed by atoms with Gasteiger partial charge >= 0.3 is 6.03 Å². The van der Waals surface area contributed by atoms with E-state index >= 15 is 0 Å². The number of nitrogens with zero attached hydrogens (tertiary/aromatic N) is 3. The topological polar surface area (TPSA) is 79.4 Å². The standard InChI is InChI=1S/C18H23N5O2/c1-3-17-19-10-14(11-20-17)22-18(24)21-13-8-9-23(12-13)15-6-4-5-7-16(15)25-2/h4-7,10-11,13H,3,8-9,12H2,1-2H3,(H2,21,22,24). The van der Waals surface area contributed by atoms with Crippen LogP contribution in [-0.4, -0.2) is 42.2 Å². The fraction of sp³-hybridized carbons (Fsp3) is 0.389. The van der Waals surface area contributed by atoms with E-state index in [-0.39, 0.29) is 12.1 Å². The number of carbonyl (C=O) groups is 1. The second-order valence-electron chi connectivity index (χ2n) is 5.94. The minimum atomic E-state index is -0.236. The van der Waals surface area contributed by atoms with Crippen molar-refractivity contribution in [3.05, 3.63) is 42.5 Å². The molecular formula is C18H23N5O2. The summed E-state index contributed by atoms with van der Waals surface area (Å²) in [5, 5.41) is 5.78. The largest absolute Gasteiger partial charge is 0.495 e. The molecule has 0 aliphatic carbocycles. The first-order valence-electron chi connectivity index (χ1n) is 8.46. The molecule has 2 aromatic rings. The number of ether oxygens (including phenoxy) is 1. The third-order valence-corrected chi connectivity index (χ3v) is 4.23. The highest BCUT2D eigenvalue weighted by Crippen LogP contribution is 2.30. The van der Waals surface area contributed by atoms with Gasteiger partial charge in [0.1, 0.15) is 11.6 Å². The van der Waals surface area contributed by atoms with Crippen molar-refractivity contribution < 1.29 is 9.53 Å². The number of anilines is 2. The molecule has 1 aromatic carbocycles. The van der Waals surface area contributed by atoms with E-state index in [4.69, 9.17) is 4.74 Å². The molecule has 3 rings (SSSR count). The maximum atomic E-state index is 12.2. The molecule has 132 valence electrons. The van der Waals surface area contributed by atoms with Crippen LogP contribution >= 0.6 is 0 Å². The first-order valence-corrected chi connectivity index (χ1v) is 8.46. The molecule has 25 heavy (non-hydrogen) atoms. The molecule has 1 aliphatic rings. The molecule has 7 nitrogen and oxygen atoms in total. The fourth-order valence-electron chi connectivity index (χ4n) is 2.94. The lowest BCUT2D eigenvalue weighted by atomic mass is 10.2. The Hall–Kier alpha value is -2.83. The van der Waals surface area contributed by atoms with E-state index in [0.29, 0.717) is 5.69 Å². The molecule has 2 amide bonds. The number of urea groups is 1. The minimum absolute atomic E-state index is 0.0840. The normalized spacial score (nSPS) is 16.6. The van der Waals surface area contributed by atoms with Gasteiger partial charge in [0.25, 0.3) is 0 Å². The van der Waals surface area contributed by atoms with Gasteiger partial charge in [0.05, 0.1) is 30.9 Å². The Kier molecular flexibility index (Phi) is 5.33. The summed E-state index contributed by atoms with van der Waals surface area (Å²) < 4.78 is 5.42. The zero-order valence-electron chi connectivity index (χ0n) is 14.5. The number of hydrogen-bond acceptors (Lipinski definition) is 5. The number of para-hydroxylation sites is 2. The van der Waals surface area contributed by atoms with Gasteiger partial charge in [0.2, 0.25) is 0 Å². The predicted molar refractivity (Wildman–Crippen MR) is 97.2 cm³/mol. The van der Waals surface area contributed by atoms with E-state index in [0.717, 1.165) is 43.2 Å². The Morgan fingerprint density at radius 3 is 2.80 bits per heavy atom. The summed E-state index contributed by atoms with van der Waals surface area (Å²) >= 11 is 0. The van der Waals surface area contributed by atoms with Crippen molar-refractivity contribution in [2.24, 2.45) is 0 Å². The van der Waals surface area contributed by atoms with Crippen molar-refractivity contribution in [2.75, 3.05) is 30.4 Å². The summed E-state index contributed by atoms with van der Waals surface area (Å²) in [5.74, 6) is 1.61. The van der Waals surface area contributed by atoms with Crippen LogP contribution in [0.1, 0.15) is 19.2 Å². The van der Waals surface area contributed by atoms with Crippen LogP contribution in [0.3, 0.4) is 0 Å². The van der Waals surface area contributed by atoms with Crippen molar-refractivity contribution in [2.45, 2.75) is 25.8 Å². The first kappa shape index (κ1) is 17.0. The summed E-state index contributed by atoms with van der Waals surface area (Å²) in [6.07, 6.45) is 4.91. The average molecular weight is 341 g/mol. The quantitative estimate of drug-likeness (QED) is 0.873. The minimum Gasteiger partial charge on any atom is -0.495 e. The van der Waals surface area contributed by atoms with E-state index in [1.165, 1.54) is 0 Å². The molecule has 0 saturated carbocycles. The maximum absolute atomic E-state index is 12.2. The molecule has 1 saturated heterocycles. The van der Waals surface area contributed by atoms with Crippen LogP contribution in [0.4, 0.5) is 16.2 Å². The van der Waals surface area contributed by atoms with Gasteiger partial charge in [-0.15, -0.1) is 0 Å². The van der Waals surface area contributed by atoms with Gasteiger partial charge in [-0.25, -0.2) is 14.8 Å². The molecule has 1 fully saturated rings. The molecule has 1 unspecified atom stereocenters. The SMILES string of the molecule is CCc1ncc(NC(=O)NC2CCN(c3ccccc3OC)C2)cn1. The van der Waals surface area contributed by atoms with Crippen LogP contribution in [0.15, 0.2) is 36.7 Å². The van der Waals surface area contributed by atoms with Crippen molar-refractivity contribution in [3.63, 3.8) is 0 Å². The number of aryl methyl sites for hydroxylation is 1. The molecule has 7 heteroatoms. The van der Waals surface area contributed by atoms with Crippen molar-refractivity contribution in [3.8, 4) is 5.75 Å². The lowest BCUT2D eigenvalue weighted by Gasteiger charge is -2.21. The zero-order chi connectivity index (χ0) is 17.6. The average Bonchev–Trinajstić information content (AvgIpc) is 3.10. The highest BCUT2D eigenvalue weighted by molar-refractivity contribution is 5.89. The Morgan fingerprint density at radius 2 is 2.08 bits per heavy atom. The third-order valence-electron chi connectivity index (χ3n) is 4.23. The molecule has 2 N–H and O–H groups in total. The van der Waals surface area contributed by atoms with Gasteiger partial charge in [0.15, 0.2) is 0 Å². The highest BCUT2D eigenvalue weighted by atomic mass is 16.5. The molecule has 2 heterocycles. The molecule has 1 aliphatic heterocycles. The second kappa shape index (κ2) is 7.83. The predicted octanol–water partition coefficient (Wildman–Crippen LogP) is 2.45. The summed E-state index contributed by atoms with van der Waals surface area (Å²) in [6.45, 7) is 3.61. The first-order chi connectivity index (χ1) is 12.2. The van der Waals surface area contributed by atoms with Crippen molar-refractivity contribution in [1.29, 1.82) is 0 Å². The maximum Gasteiger partial charge on any atom is 0.319 e. The second-order valence-corrected chi connectivity index (χ2v) is 5.94. The number of amides is 2. The number of rotatable bonds is 5. The Bertz CT molecular complexity index is 720. The summed E-state index contributed by atoms with van der Waals surface area (Å²) in [7, 11) is 1.67. The van der Waals surface area contributed by atoms with E-state index in [2.05, 4.69) is 25.5 Å². The summed E-state index contributed by atoms with van der Waals surface area (Å²) in [6, 6.07) is 7.77. The van der Waals surface area contributed by atoms with Crippen LogP contribution in [-0.2, 0) is 6.42 Å². The molecular weight excluding hydrogens is 318 g/mol. The fourth-order valence-corrected chi connectivity index (χ4v) is 2.94. The summed E-state index contributed by atoms with van der Waals surface area (Å²) in [5.41, 5.74) is 1.65. The third kappa shape index (κ3) is 4.17. The smallest absolute Gasteiger partial charge is 0.319 e. The Labute approximate surface area is 147 Å². The van der Waals surface area contributed by atoms with Crippen LogP contribution in [0.25, 0.3) is 0 Å². The van der Waals surface area contributed by atoms with E-state index < -0.39 is 0 Å². The number of hydrogen-bond donors (Lipinski definition) is 2. The number of carbonyl (C=O) groups excluding carboxylic acids is 1. The summed E-state index contributed by atoms with van der Waals surface area (Å²) in [4.78, 5) is 22.7. The molecule has 0 spiro atoms. The highest BCUT2D eigenvalue weighted by Gasteiger charge is 2.25. The van der Waals surface area contributed by atoms with Crippen LogP contribution < -0.4 is 20.3 Å². The molecule has 1 aromatic heterocycles. The van der Waals surface area contributed by atoms with Crippen LogP contribution in [0.2, 0.25) is 0 Å². The lowest BCUT2D eigenvalue weighted by Crippen LogP contribution is -2.39. The van der Waals surface area contributed by atoms with Gasteiger partial charge in [-0.05, 0) is 18.6 Å². The number of benzene rings is 1. The number of nitrogens with one attached hydrogen (secondary N) is 2. The Morgan fingerprint density at radius 1 is 1.32 bits per heavy atom. The molecule has 0 bridgehead atoms. The van der Waals surface area contributed by atoms with E-state index in [1.54, 1.807) is 19.5 Å². The van der Waals surface area contributed by atoms with E-state index in [9.17, 15) is 4.79 Å². The zero-order valence-corrected chi connectivity index (χ0v) is 14.5. The van der Waals surface area contributed by atoms with Gasteiger partial charge in [-0.3, -0.25) is 0 Å². The van der Waals surface area contributed by atoms with Gasteiger partial charge in [0, 0.05) is 25.6 Å². The van der Waals surface area contributed by atoms with Gasteiger partial charge in [-0.1, -0.05) is 19.1 Å². The lowest BCUT2D eigenvalue weighted by molar-refractivity contribution is 0.249. The van der Waals surface area contributed by atoms with Crippen molar-refractivity contribution >= 4 is 17.4 Å². The molecule has 0 radical (unpaired) electrons. The van der Waals surface area contributed by atoms with Crippen LogP contribution in [0, 0.1) is 0 Å². The molecule has 1 atom stereocenters. The number of aromatic nitrogens is 2. The monoisotopic (exact) mass is 341 g/mol. The Balaban J connectivity index is 1.54.